The van der Waals surface area contributed by atoms with Crippen molar-refractivity contribution in [2.45, 2.75) is 33.0 Å². The summed E-state index contributed by atoms with van der Waals surface area (Å²) in [6.45, 7) is 6.25. The Balaban J connectivity index is 1.38. The molecule has 1 amide bonds. The molecule has 1 aliphatic heterocycles. The van der Waals surface area contributed by atoms with Gasteiger partial charge in [0.25, 0.3) is 5.91 Å². The molecule has 7 nitrogen and oxygen atoms in total. The van der Waals surface area contributed by atoms with Crippen molar-refractivity contribution in [1.82, 2.24) is 30.0 Å². The Morgan fingerprint density at radius 1 is 1.22 bits per heavy atom. The lowest BCUT2D eigenvalue weighted by Crippen LogP contribution is -2.28. The maximum atomic E-state index is 12.2. The van der Waals surface area contributed by atoms with Crippen LogP contribution in [-0.4, -0.2) is 43.6 Å². The van der Waals surface area contributed by atoms with Crippen molar-refractivity contribution in [3.05, 3.63) is 63.6 Å². The van der Waals surface area contributed by atoms with Crippen molar-refractivity contribution in [2.75, 3.05) is 13.1 Å². The zero-order valence-electron chi connectivity index (χ0n) is 15.3. The van der Waals surface area contributed by atoms with Crippen molar-refractivity contribution in [1.29, 1.82) is 0 Å². The molecule has 1 N–H and O–H groups in total. The van der Waals surface area contributed by atoms with E-state index in [1.165, 1.54) is 10.4 Å². The average Bonchev–Trinajstić information content (AvgIpc) is 3.22. The van der Waals surface area contributed by atoms with Gasteiger partial charge in [-0.25, -0.2) is 0 Å². The minimum Gasteiger partial charge on any atom is -0.343 e. The molecule has 140 valence electrons. The summed E-state index contributed by atoms with van der Waals surface area (Å²) < 4.78 is 2.14. The quantitative estimate of drug-likeness (QED) is 0.731. The highest BCUT2D eigenvalue weighted by Crippen LogP contribution is 2.19. The lowest BCUT2D eigenvalue weighted by molar-refractivity contribution is 0.0944. The van der Waals surface area contributed by atoms with Gasteiger partial charge in [-0.3, -0.25) is 14.7 Å². The van der Waals surface area contributed by atoms with E-state index >= 15 is 0 Å². The summed E-state index contributed by atoms with van der Waals surface area (Å²) in [5, 5.41) is 13.7. The van der Waals surface area contributed by atoms with E-state index in [2.05, 4.69) is 48.3 Å². The van der Waals surface area contributed by atoms with Crippen LogP contribution in [0.2, 0.25) is 0 Å². The Kier molecular flexibility index (Phi) is 5.26. The Morgan fingerprint density at radius 3 is 2.93 bits per heavy atom. The number of thiophene rings is 1. The number of pyridine rings is 1. The fourth-order valence-electron chi connectivity index (χ4n) is 3.23. The van der Waals surface area contributed by atoms with Crippen LogP contribution in [0.25, 0.3) is 0 Å². The fourth-order valence-corrected chi connectivity index (χ4v) is 4.18. The first kappa shape index (κ1) is 17.8. The van der Waals surface area contributed by atoms with Gasteiger partial charge in [-0.2, -0.15) is 0 Å². The lowest BCUT2D eigenvalue weighted by atomic mass is 10.2. The van der Waals surface area contributed by atoms with Gasteiger partial charge in [-0.05, 0) is 36.1 Å². The first-order valence-corrected chi connectivity index (χ1v) is 9.94. The number of hydrogen-bond acceptors (Lipinski definition) is 6. The van der Waals surface area contributed by atoms with Gasteiger partial charge in [0.1, 0.15) is 11.5 Å². The van der Waals surface area contributed by atoms with Gasteiger partial charge in [-0.1, -0.05) is 6.07 Å². The normalized spacial score (nSPS) is 14.6. The Hall–Kier alpha value is -2.58. The van der Waals surface area contributed by atoms with Gasteiger partial charge < -0.3 is 9.88 Å². The highest BCUT2D eigenvalue weighted by Gasteiger charge is 2.20. The van der Waals surface area contributed by atoms with Gasteiger partial charge in [0.05, 0.1) is 6.54 Å². The number of nitrogens with one attached hydrogen (secondary N) is 1. The Morgan fingerprint density at radius 2 is 2.15 bits per heavy atom. The monoisotopic (exact) mass is 382 g/mol. The van der Waals surface area contributed by atoms with Gasteiger partial charge in [0.2, 0.25) is 0 Å². The van der Waals surface area contributed by atoms with Gasteiger partial charge in [-0.15, -0.1) is 21.5 Å². The zero-order chi connectivity index (χ0) is 18.6. The first-order valence-electron chi connectivity index (χ1n) is 9.06. The molecule has 0 unspecified atom stereocenters. The highest BCUT2D eigenvalue weighted by atomic mass is 32.1. The SMILES string of the molecule is Cc1ccsc1CN1CCc2nnc(CNC(=O)c3ccccn3)n2CC1. The molecule has 1 aliphatic rings. The number of amides is 1. The van der Waals surface area contributed by atoms with E-state index in [0.29, 0.717) is 12.2 Å². The molecule has 4 rings (SSSR count). The molecule has 0 bridgehead atoms. The number of rotatable bonds is 5. The maximum absolute atomic E-state index is 12.2. The highest BCUT2D eigenvalue weighted by molar-refractivity contribution is 7.10. The van der Waals surface area contributed by atoms with E-state index in [0.717, 1.165) is 44.2 Å². The summed E-state index contributed by atoms with van der Waals surface area (Å²) >= 11 is 1.82. The second-order valence-corrected chi connectivity index (χ2v) is 7.64. The van der Waals surface area contributed by atoms with E-state index in [4.69, 9.17) is 0 Å². The van der Waals surface area contributed by atoms with Crippen LogP contribution in [0.4, 0.5) is 0 Å². The van der Waals surface area contributed by atoms with Gasteiger partial charge in [0.15, 0.2) is 5.82 Å². The van der Waals surface area contributed by atoms with E-state index in [1.54, 1.807) is 24.4 Å². The maximum Gasteiger partial charge on any atom is 0.270 e. The summed E-state index contributed by atoms with van der Waals surface area (Å²) in [7, 11) is 0. The van der Waals surface area contributed by atoms with Crippen molar-refractivity contribution >= 4 is 17.2 Å². The van der Waals surface area contributed by atoms with Crippen molar-refractivity contribution in [3.8, 4) is 0 Å². The van der Waals surface area contributed by atoms with E-state index in [9.17, 15) is 4.79 Å². The molecule has 3 aromatic heterocycles. The molecule has 3 aromatic rings. The summed E-state index contributed by atoms with van der Waals surface area (Å²) in [5.74, 6) is 1.59. The van der Waals surface area contributed by atoms with Crippen LogP contribution < -0.4 is 5.32 Å². The molecule has 4 heterocycles. The number of carbonyl (C=O) groups excluding carboxylic acids is 1. The van der Waals surface area contributed by atoms with Gasteiger partial charge >= 0.3 is 0 Å². The summed E-state index contributed by atoms with van der Waals surface area (Å²) in [4.78, 5) is 20.2. The summed E-state index contributed by atoms with van der Waals surface area (Å²) in [5.41, 5.74) is 1.77. The smallest absolute Gasteiger partial charge is 0.270 e. The molecule has 8 heteroatoms. The average molecular weight is 382 g/mol. The van der Waals surface area contributed by atoms with Crippen LogP contribution in [0.15, 0.2) is 35.8 Å². The predicted molar refractivity (Wildman–Crippen MR) is 103 cm³/mol. The van der Waals surface area contributed by atoms with E-state index < -0.39 is 0 Å². The molecule has 0 saturated carbocycles. The Bertz CT molecular complexity index is 919. The molecular weight excluding hydrogens is 360 g/mol. The van der Waals surface area contributed by atoms with E-state index in [1.807, 2.05) is 11.3 Å². The van der Waals surface area contributed by atoms with E-state index in [-0.39, 0.29) is 5.91 Å². The minimum absolute atomic E-state index is 0.198. The van der Waals surface area contributed by atoms with Crippen LogP contribution in [0, 0.1) is 6.92 Å². The van der Waals surface area contributed by atoms with Crippen molar-refractivity contribution in [2.24, 2.45) is 0 Å². The third kappa shape index (κ3) is 4.06. The molecular formula is C19H22N6OS. The second kappa shape index (κ2) is 7.98. The lowest BCUT2D eigenvalue weighted by Gasteiger charge is -2.19. The topological polar surface area (TPSA) is 75.9 Å². The third-order valence-corrected chi connectivity index (χ3v) is 5.84. The molecule has 27 heavy (non-hydrogen) atoms. The predicted octanol–water partition coefficient (Wildman–Crippen LogP) is 2.03. The molecule has 0 atom stereocenters. The molecule has 0 saturated heterocycles. The van der Waals surface area contributed by atoms with Crippen molar-refractivity contribution < 1.29 is 4.79 Å². The third-order valence-electron chi connectivity index (χ3n) is 4.84. The minimum atomic E-state index is -0.198. The molecule has 0 fully saturated rings. The number of carbonyl (C=O) groups is 1. The van der Waals surface area contributed by atoms with Crippen LogP contribution in [-0.2, 0) is 26.1 Å². The number of nitrogens with zero attached hydrogens (tertiary/aromatic N) is 5. The molecule has 0 spiro atoms. The van der Waals surface area contributed by atoms with Crippen LogP contribution in [0.3, 0.4) is 0 Å². The van der Waals surface area contributed by atoms with Gasteiger partial charge in [0, 0.05) is 43.7 Å². The number of aryl methyl sites for hydroxylation is 1. The zero-order valence-corrected chi connectivity index (χ0v) is 16.1. The van der Waals surface area contributed by atoms with Crippen LogP contribution >= 0.6 is 11.3 Å². The molecule has 0 aliphatic carbocycles. The summed E-state index contributed by atoms with van der Waals surface area (Å²) in [6, 6.07) is 7.47. The number of hydrogen-bond donors (Lipinski definition) is 1. The standard InChI is InChI=1S/C19H22N6OS/c1-14-6-11-27-16(14)13-24-8-5-17-22-23-18(25(17)10-9-24)12-21-19(26)15-4-2-3-7-20-15/h2-4,6-7,11H,5,8-10,12-13H2,1H3,(H,21,26). The first-order chi connectivity index (χ1) is 13.2. The fraction of sp³-hybridized carbons (Fsp3) is 0.368. The molecule has 0 radical (unpaired) electrons. The number of fused-ring (bicyclic) bond motifs is 1. The largest absolute Gasteiger partial charge is 0.343 e. The van der Waals surface area contributed by atoms with Crippen LogP contribution in [0.5, 0.6) is 0 Å². The molecule has 0 aromatic carbocycles. The number of aromatic nitrogens is 4. The Labute approximate surface area is 162 Å². The van der Waals surface area contributed by atoms with Crippen molar-refractivity contribution in [3.63, 3.8) is 0 Å². The van der Waals surface area contributed by atoms with Crippen LogP contribution in [0.1, 0.15) is 32.6 Å². The summed E-state index contributed by atoms with van der Waals surface area (Å²) in [6.07, 6.45) is 2.48. The second-order valence-electron chi connectivity index (χ2n) is 6.63.